The predicted octanol–water partition coefficient (Wildman–Crippen LogP) is 4.18. The summed E-state index contributed by atoms with van der Waals surface area (Å²) < 4.78 is 5.37. The van der Waals surface area contributed by atoms with Gasteiger partial charge in [0.05, 0.1) is 25.9 Å². The number of aliphatic imine (C=N–C) groups is 1. The molecule has 2 rings (SSSR count). The molecule has 0 saturated carbocycles. The number of methoxy groups -OCH3 is 1. The molecule has 0 bridgehead atoms. The van der Waals surface area contributed by atoms with Crippen molar-refractivity contribution in [3.63, 3.8) is 0 Å². The molecule has 1 heterocycles. The number of thiazole rings is 1. The number of hydrogen-bond acceptors (Lipinski definition) is 4. The Hall–Kier alpha value is -1.79. The maximum Gasteiger partial charge on any atom is 0.191 e. The maximum atomic E-state index is 6.00. The van der Waals surface area contributed by atoms with Crippen LogP contribution < -0.4 is 15.4 Å². The molecule has 0 amide bonds. The van der Waals surface area contributed by atoms with Crippen molar-refractivity contribution in [3.05, 3.63) is 44.9 Å². The summed E-state index contributed by atoms with van der Waals surface area (Å²) in [5, 5.41) is 10.4. The van der Waals surface area contributed by atoms with Gasteiger partial charge in [-0.05, 0) is 25.0 Å². The number of nitrogens with one attached hydrogen (secondary N) is 2. The van der Waals surface area contributed by atoms with Crippen molar-refractivity contribution >= 4 is 28.9 Å². The van der Waals surface area contributed by atoms with Gasteiger partial charge in [-0.25, -0.2) is 9.98 Å². The fourth-order valence-electron chi connectivity index (χ4n) is 2.19. The van der Waals surface area contributed by atoms with Gasteiger partial charge in [-0.3, -0.25) is 0 Å². The van der Waals surface area contributed by atoms with Crippen LogP contribution in [0.25, 0.3) is 0 Å². The first kappa shape index (κ1) is 19.5. The van der Waals surface area contributed by atoms with E-state index < -0.39 is 0 Å². The summed E-state index contributed by atoms with van der Waals surface area (Å²) in [5.74, 6) is 1.94. The predicted molar refractivity (Wildman–Crippen MR) is 106 cm³/mol. The molecule has 25 heavy (non-hydrogen) atoms. The van der Waals surface area contributed by atoms with Gasteiger partial charge in [0, 0.05) is 22.5 Å². The summed E-state index contributed by atoms with van der Waals surface area (Å²) in [5.41, 5.74) is 2.12. The van der Waals surface area contributed by atoms with Gasteiger partial charge >= 0.3 is 0 Å². The van der Waals surface area contributed by atoms with Gasteiger partial charge in [0.1, 0.15) is 10.8 Å². The van der Waals surface area contributed by atoms with Crippen LogP contribution in [0.2, 0.25) is 5.02 Å². The van der Waals surface area contributed by atoms with Crippen molar-refractivity contribution < 1.29 is 4.74 Å². The molecule has 0 aliphatic carbocycles. The zero-order valence-corrected chi connectivity index (χ0v) is 16.7. The van der Waals surface area contributed by atoms with Crippen LogP contribution in [-0.2, 0) is 13.1 Å². The quantitative estimate of drug-likeness (QED) is 0.558. The lowest BCUT2D eigenvalue weighted by atomic mass is 10.2. The Balaban J connectivity index is 2.02. The molecule has 0 aliphatic heterocycles. The number of benzene rings is 1. The van der Waals surface area contributed by atoms with Crippen molar-refractivity contribution in [1.29, 1.82) is 0 Å². The van der Waals surface area contributed by atoms with Crippen LogP contribution in [-0.4, -0.2) is 24.6 Å². The normalized spacial score (nSPS) is 11.7. The molecule has 1 aromatic carbocycles. The average Bonchev–Trinajstić information content (AvgIpc) is 3.07. The molecule has 0 aliphatic rings. The highest BCUT2D eigenvalue weighted by Gasteiger charge is 2.07. The molecule has 2 aromatic rings. The molecule has 0 fully saturated rings. The van der Waals surface area contributed by atoms with Crippen LogP contribution in [0.1, 0.15) is 43.0 Å². The van der Waals surface area contributed by atoms with Crippen LogP contribution >= 0.6 is 22.9 Å². The monoisotopic (exact) mass is 380 g/mol. The Morgan fingerprint density at radius 1 is 1.36 bits per heavy atom. The first-order valence-corrected chi connectivity index (χ1v) is 9.58. The summed E-state index contributed by atoms with van der Waals surface area (Å²) in [6.45, 7) is 8.29. The van der Waals surface area contributed by atoms with E-state index in [0.717, 1.165) is 34.5 Å². The zero-order valence-electron chi connectivity index (χ0n) is 15.1. The summed E-state index contributed by atoms with van der Waals surface area (Å²) in [6.07, 6.45) is 0. The molecule has 0 saturated heterocycles. The molecule has 136 valence electrons. The van der Waals surface area contributed by atoms with Crippen molar-refractivity contribution in [1.82, 2.24) is 15.6 Å². The summed E-state index contributed by atoms with van der Waals surface area (Å²) >= 11 is 7.67. The average molecular weight is 381 g/mol. The molecule has 0 spiro atoms. The highest BCUT2D eigenvalue weighted by atomic mass is 35.5. The van der Waals surface area contributed by atoms with Crippen molar-refractivity contribution in [2.45, 2.75) is 39.8 Å². The molecular formula is C18H25ClN4OS. The molecule has 1 aromatic heterocycles. The zero-order chi connectivity index (χ0) is 18.2. The van der Waals surface area contributed by atoms with Gasteiger partial charge in [0.25, 0.3) is 0 Å². The Kier molecular flexibility index (Phi) is 7.52. The van der Waals surface area contributed by atoms with Gasteiger partial charge in [0.2, 0.25) is 0 Å². The number of aromatic nitrogens is 1. The lowest BCUT2D eigenvalue weighted by molar-refractivity contribution is 0.410. The summed E-state index contributed by atoms with van der Waals surface area (Å²) in [6, 6.07) is 5.58. The Bertz CT molecular complexity index is 715. The number of nitrogens with zero attached hydrogens (tertiary/aromatic N) is 2. The van der Waals surface area contributed by atoms with Crippen LogP contribution in [0.15, 0.2) is 28.6 Å². The van der Waals surface area contributed by atoms with Crippen LogP contribution in [0.3, 0.4) is 0 Å². The van der Waals surface area contributed by atoms with Gasteiger partial charge in [0.15, 0.2) is 5.96 Å². The second kappa shape index (κ2) is 9.63. The molecular weight excluding hydrogens is 356 g/mol. The summed E-state index contributed by atoms with van der Waals surface area (Å²) in [7, 11) is 1.64. The Morgan fingerprint density at radius 3 is 2.80 bits per heavy atom. The number of guanidine groups is 1. The largest absolute Gasteiger partial charge is 0.496 e. The van der Waals surface area contributed by atoms with E-state index in [0.29, 0.717) is 24.0 Å². The second-order valence-corrected chi connectivity index (χ2v) is 7.20. The molecule has 5 nitrogen and oxygen atoms in total. The number of rotatable bonds is 7. The van der Waals surface area contributed by atoms with E-state index in [1.165, 1.54) is 0 Å². The Labute approximate surface area is 158 Å². The highest BCUT2D eigenvalue weighted by molar-refractivity contribution is 7.09. The molecule has 2 N–H and O–H groups in total. The van der Waals surface area contributed by atoms with E-state index in [4.69, 9.17) is 16.3 Å². The van der Waals surface area contributed by atoms with Gasteiger partial charge in [-0.15, -0.1) is 11.3 Å². The fraction of sp³-hybridized carbons (Fsp3) is 0.444. The number of halogens is 1. The third-order valence-electron chi connectivity index (χ3n) is 3.57. The van der Waals surface area contributed by atoms with Crippen LogP contribution in [0.4, 0.5) is 0 Å². The molecule has 7 heteroatoms. The minimum absolute atomic E-state index is 0.448. The number of ether oxygens (including phenoxy) is 1. The number of hydrogen-bond donors (Lipinski definition) is 2. The molecule has 0 atom stereocenters. The molecule has 0 unspecified atom stereocenters. The minimum atomic E-state index is 0.448. The maximum absolute atomic E-state index is 6.00. The first-order chi connectivity index (χ1) is 12.0. The molecule has 0 radical (unpaired) electrons. The van der Waals surface area contributed by atoms with E-state index in [9.17, 15) is 0 Å². The van der Waals surface area contributed by atoms with E-state index in [1.54, 1.807) is 24.5 Å². The van der Waals surface area contributed by atoms with Gasteiger partial charge in [-0.2, -0.15) is 0 Å². The second-order valence-electron chi connectivity index (χ2n) is 5.83. The lowest BCUT2D eigenvalue weighted by Crippen LogP contribution is -2.36. The van der Waals surface area contributed by atoms with Crippen molar-refractivity contribution in [2.75, 3.05) is 13.7 Å². The van der Waals surface area contributed by atoms with Gasteiger partial charge in [-0.1, -0.05) is 31.5 Å². The van der Waals surface area contributed by atoms with Crippen LogP contribution in [0, 0.1) is 0 Å². The van der Waals surface area contributed by atoms with E-state index in [-0.39, 0.29) is 0 Å². The third-order valence-corrected chi connectivity index (χ3v) is 4.67. The van der Waals surface area contributed by atoms with Crippen molar-refractivity contribution in [2.24, 2.45) is 4.99 Å². The smallest absolute Gasteiger partial charge is 0.191 e. The van der Waals surface area contributed by atoms with E-state index in [1.807, 2.05) is 19.1 Å². The standard InChI is InChI=1S/C18H25ClN4OS/c1-5-20-18(22-10-17-23-15(11-25-17)12(2)3)21-9-13-6-7-14(19)8-16(13)24-4/h6-8,11-12H,5,9-10H2,1-4H3,(H2,20,21,22). The summed E-state index contributed by atoms with van der Waals surface area (Å²) in [4.78, 5) is 9.26. The topological polar surface area (TPSA) is 58.5 Å². The fourth-order valence-corrected chi connectivity index (χ4v) is 3.24. The SMILES string of the molecule is CCNC(=NCc1ccc(Cl)cc1OC)NCc1nc(C(C)C)cs1. The van der Waals surface area contributed by atoms with E-state index in [2.05, 4.69) is 39.8 Å². The highest BCUT2D eigenvalue weighted by Crippen LogP contribution is 2.23. The van der Waals surface area contributed by atoms with E-state index >= 15 is 0 Å². The van der Waals surface area contributed by atoms with Gasteiger partial charge < -0.3 is 15.4 Å². The third kappa shape index (κ3) is 5.90. The van der Waals surface area contributed by atoms with Crippen molar-refractivity contribution in [3.8, 4) is 5.75 Å². The lowest BCUT2D eigenvalue weighted by Gasteiger charge is -2.11. The van der Waals surface area contributed by atoms with Crippen LogP contribution in [0.5, 0.6) is 5.75 Å². The minimum Gasteiger partial charge on any atom is -0.496 e. The Morgan fingerprint density at radius 2 is 2.16 bits per heavy atom. The first-order valence-electron chi connectivity index (χ1n) is 8.32.